The van der Waals surface area contributed by atoms with Crippen LogP contribution in [-0.4, -0.2) is 20.3 Å². The molecule has 2 rings (SSSR count). The minimum Gasteiger partial charge on any atom is -0.327 e. The number of halogens is 2. The maximum absolute atomic E-state index is 12.3. The van der Waals surface area contributed by atoms with Crippen LogP contribution in [0.5, 0.6) is 0 Å². The minimum atomic E-state index is -0.311. The number of imidazole rings is 1. The quantitative estimate of drug-likeness (QED) is 0.642. The van der Waals surface area contributed by atoms with Crippen LogP contribution >= 0.6 is 23.2 Å². The van der Waals surface area contributed by atoms with Gasteiger partial charge in [-0.1, -0.05) is 23.2 Å². The Labute approximate surface area is 119 Å². The van der Waals surface area contributed by atoms with Crippen molar-refractivity contribution in [2.45, 2.75) is 13.0 Å². The molecule has 7 heteroatoms. The average Bonchev–Trinajstić information content (AvgIpc) is 2.82. The van der Waals surface area contributed by atoms with E-state index in [9.17, 15) is 4.79 Å². The van der Waals surface area contributed by atoms with E-state index in [1.165, 1.54) is 18.3 Å². The Kier molecular flexibility index (Phi) is 4.15. The summed E-state index contributed by atoms with van der Waals surface area (Å²) in [6, 6.07) is 4.88. The Hall–Kier alpha value is -1.90. The lowest BCUT2D eigenvalue weighted by Crippen LogP contribution is -2.11. The number of pyridine rings is 1. The summed E-state index contributed by atoms with van der Waals surface area (Å²) < 4.78 is 1.62. The van der Waals surface area contributed by atoms with Crippen LogP contribution in [0.15, 0.2) is 24.5 Å². The summed E-state index contributed by atoms with van der Waals surface area (Å²) in [5.74, 6) is -0.0669. The second kappa shape index (κ2) is 5.83. The highest BCUT2D eigenvalue weighted by Gasteiger charge is 2.16. The lowest BCUT2D eigenvalue weighted by atomic mass is 10.1. The third-order valence-corrected chi connectivity index (χ3v) is 2.80. The first-order valence-electron chi connectivity index (χ1n) is 5.37. The normalized spacial score (nSPS) is 10.2. The number of carbonyl (C=O) groups excluding carboxylic acids is 1. The van der Waals surface area contributed by atoms with Gasteiger partial charge in [0.2, 0.25) is 5.78 Å². The molecule has 0 amide bonds. The fraction of sp³-hybridized carbons (Fsp3) is 0.167. The van der Waals surface area contributed by atoms with E-state index in [2.05, 4.69) is 9.97 Å². The number of nitriles is 1. The van der Waals surface area contributed by atoms with Gasteiger partial charge in [0.05, 0.1) is 12.5 Å². The maximum atomic E-state index is 12.3. The Morgan fingerprint density at radius 1 is 1.37 bits per heavy atom. The van der Waals surface area contributed by atoms with Crippen molar-refractivity contribution in [2.75, 3.05) is 0 Å². The molecule has 2 aromatic rings. The maximum Gasteiger partial charge on any atom is 0.228 e. The van der Waals surface area contributed by atoms with Crippen molar-refractivity contribution in [2.24, 2.45) is 0 Å². The molecule has 0 unspecified atom stereocenters. The Balaban J connectivity index is 2.34. The lowest BCUT2D eigenvalue weighted by Gasteiger charge is -2.05. The van der Waals surface area contributed by atoms with Crippen molar-refractivity contribution in [3.63, 3.8) is 0 Å². The number of ketones is 1. The van der Waals surface area contributed by atoms with E-state index in [0.717, 1.165) is 0 Å². The van der Waals surface area contributed by atoms with Crippen LogP contribution in [0.25, 0.3) is 0 Å². The highest BCUT2D eigenvalue weighted by Crippen LogP contribution is 2.17. The number of carbonyl (C=O) groups is 1. The third kappa shape index (κ3) is 3.11. The highest BCUT2D eigenvalue weighted by atomic mass is 35.5. The zero-order valence-electron chi connectivity index (χ0n) is 9.68. The average molecular weight is 295 g/mol. The van der Waals surface area contributed by atoms with Crippen LogP contribution in [0.1, 0.15) is 22.6 Å². The molecule has 0 saturated carbocycles. The molecule has 0 aliphatic heterocycles. The molecule has 19 heavy (non-hydrogen) atoms. The topological polar surface area (TPSA) is 71.6 Å². The van der Waals surface area contributed by atoms with E-state index < -0.39 is 0 Å². The monoisotopic (exact) mass is 294 g/mol. The van der Waals surface area contributed by atoms with Crippen molar-refractivity contribution < 1.29 is 4.79 Å². The van der Waals surface area contributed by atoms with Crippen molar-refractivity contribution in [3.8, 4) is 6.07 Å². The Bertz CT molecular complexity index is 640. The molecule has 0 atom stereocenters. The number of nitrogens with zero attached hydrogens (tertiary/aromatic N) is 4. The number of hydrogen-bond acceptors (Lipinski definition) is 4. The SMILES string of the molecule is N#CCCn1ccnc1C(=O)c1cc(Cl)nc(Cl)c1. The molecule has 0 spiro atoms. The summed E-state index contributed by atoms with van der Waals surface area (Å²) in [4.78, 5) is 20.1. The molecule has 0 saturated heterocycles. The van der Waals surface area contributed by atoms with E-state index in [-0.39, 0.29) is 21.9 Å². The molecule has 0 fully saturated rings. The fourth-order valence-corrected chi connectivity index (χ4v) is 2.05. The summed E-state index contributed by atoms with van der Waals surface area (Å²) >= 11 is 11.5. The summed E-state index contributed by atoms with van der Waals surface area (Å²) in [5, 5.41) is 8.86. The molecule has 0 aromatic carbocycles. The van der Waals surface area contributed by atoms with Gasteiger partial charge in [0.1, 0.15) is 10.3 Å². The van der Waals surface area contributed by atoms with Crippen molar-refractivity contribution in [1.82, 2.24) is 14.5 Å². The number of aryl methyl sites for hydroxylation is 1. The Morgan fingerprint density at radius 3 is 2.68 bits per heavy atom. The Morgan fingerprint density at radius 2 is 2.05 bits per heavy atom. The standard InChI is InChI=1S/C12H8Cl2N4O/c13-9-6-8(7-10(14)17-9)11(19)12-16-3-5-18(12)4-1-2-15/h3,5-7H,1,4H2. The molecule has 0 aliphatic rings. The van der Waals surface area contributed by atoms with E-state index >= 15 is 0 Å². The zero-order chi connectivity index (χ0) is 13.8. The molecular formula is C12H8Cl2N4O. The first-order valence-corrected chi connectivity index (χ1v) is 6.13. The lowest BCUT2D eigenvalue weighted by molar-refractivity contribution is 0.102. The molecule has 2 heterocycles. The van der Waals surface area contributed by atoms with E-state index in [4.69, 9.17) is 28.5 Å². The second-order valence-corrected chi connectivity index (χ2v) is 4.46. The number of aromatic nitrogens is 3. The predicted octanol–water partition coefficient (Wildman–Crippen LogP) is 2.73. The van der Waals surface area contributed by atoms with E-state index in [1.807, 2.05) is 6.07 Å². The molecular weight excluding hydrogens is 287 g/mol. The van der Waals surface area contributed by atoms with Gasteiger partial charge in [-0.15, -0.1) is 0 Å². The first-order chi connectivity index (χ1) is 9.11. The van der Waals surface area contributed by atoms with Gasteiger partial charge >= 0.3 is 0 Å². The highest BCUT2D eigenvalue weighted by molar-refractivity contribution is 6.33. The minimum absolute atomic E-state index is 0.144. The van der Waals surface area contributed by atoms with Crippen LogP contribution in [0.3, 0.4) is 0 Å². The second-order valence-electron chi connectivity index (χ2n) is 3.68. The summed E-state index contributed by atoms with van der Waals surface area (Å²) in [7, 11) is 0. The summed E-state index contributed by atoms with van der Waals surface area (Å²) in [5.41, 5.74) is 0.314. The smallest absolute Gasteiger partial charge is 0.228 e. The predicted molar refractivity (Wildman–Crippen MR) is 70.1 cm³/mol. The van der Waals surface area contributed by atoms with Crippen molar-refractivity contribution >= 4 is 29.0 Å². The van der Waals surface area contributed by atoms with Crippen molar-refractivity contribution in [3.05, 3.63) is 46.2 Å². The van der Waals surface area contributed by atoms with Crippen LogP contribution < -0.4 is 0 Å². The molecule has 5 nitrogen and oxygen atoms in total. The van der Waals surface area contributed by atoms with Crippen LogP contribution in [0.2, 0.25) is 10.3 Å². The molecule has 0 bridgehead atoms. The third-order valence-electron chi connectivity index (χ3n) is 2.41. The van der Waals surface area contributed by atoms with Crippen molar-refractivity contribution in [1.29, 1.82) is 5.26 Å². The van der Waals surface area contributed by atoms with E-state index in [0.29, 0.717) is 18.5 Å². The fourth-order valence-electron chi connectivity index (χ4n) is 1.59. The number of hydrogen-bond donors (Lipinski definition) is 0. The van der Waals surface area contributed by atoms with Gasteiger partial charge in [-0.2, -0.15) is 5.26 Å². The van der Waals surface area contributed by atoms with Gasteiger partial charge in [-0.3, -0.25) is 4.79 Å². The van der Waals surface area contributed by atoms with E-state index in [1.54, 1.807) is 10.8 Å². The molecule has 96 valence electrons. The molecule has 0 N–H and O–H groups in total. The van der Waals surface area contributed by atoms with Gasteiger partial charge in [0.15, 0.2) is 5.82 Å². The van der Waals surface area contributed by atoms with Gasteiger partial charge in [0, 0.05) is 24.5 Å². The largest absolute Gasteiger partial charge is 0.327 e. The molecule has 0 aliphatic carbocycles. The van der Waals surface area contributed by atoms with Gasteiger partial charge in [-0.05, 0) is 12.1 Å². The first kappa shape index (κ1) is 13.5. The number of rotatable bonds is 4. The summed E-state index contributed by atoms with van der Waals surface area (Å²) in [6.45, 7) is 0.407. The molecule has 0 radical (unpaired) electrons. The van der Waals surface area contributed by atoms with Gasteiger partial charge in [-0.25, -0.2) is 9.97 Å². The summed E-state index contributed by atoms with van der Waals surface area (Å²) in [6.07, 6.45) is 3.46. The van der Waals surface area contributed by atoms with Gasteiger partial charge < -0.3 is 4.57 Å². The van der Waals surface area contributed by atoms with Gasteiger partial charge in [0.25, 0.3) is 0 Å². The van der Waals surface area contributed by atoms with Crippen LogP contribution in [-0.2, 0) is 6.54 Å². The zero-order valence-corrected chi connectivity index (χ0v) is 11.2. The van der Waals surface area contributed by atoms with Crippen LogP contribution in [0, 0.1) is 11.3 Å². The van der Waals surface area contributed by atoms with Crippen LogP contribution in [0.4, 0.5) is 0 Å². The molecule has 2 aromatic heterocycles.